The minimum absolute atomic E-state index is 0.0162. The summed E-state index contributed by atoms with van der Waals surface area (Å²) in [6, 6.07) is 0. The highest BCUT2D eigenvalue weighted by molar-refractivity contribution is 5.87. The second kappa shape index (κ2) is 4.64. The first-order valence-corrected chi connectivity index (χ1v) is 6.58. The quantitative estimate of drug-likeness (QED) is 0.774. The third-order valence-corrected chi connectivity index (χ3v) is 3.52. The van der Waals surface area contributed by atoms with Crippen molar-refractivity contribution in [2.24, 2.45) is 5.92 Å². The minimum Gasteiger partial charge on any atom is -0.476 e. The average Bonchev–Trinajstić information content (AvgIpc) is 3.27. The summed E-state index contributed by atoms with van der Waals surface area (Å²) in [6.07, 6.45) is 4.24. The number of aromatic carboxylic acids is 1. The number of carbonyl (C=O) groups excluding carboxylic acids is 1. The van der Waals surface area contributed by atoms with Gasteiger partial charge in [0.2, 0.25) is 5.91 Å². The molecule has 2 N–H and O–H groups in total. The molecule has 19 heavy (non-hydrogen) atoms. The highest BCUT2D eigenvalue weighted by atomic mass is 16.4. The topological polar surface area (TPSA) is 97.1 Å². The van der Waals surface area contributed by atoms with Crippen molar-refractivity contribution < 1.29 is 14.7 Å². The molecule has 0 aliphatic heterocycles. The van der Waals surface area contributed by atoms with Crippen LogP contribution >= 0.6 is 0 Å². The molecular formula is C12H16N4O3. The van der Waals surface area contributed by atoms with Crippen LogP contribution in [-0.2, 0) is 11.3 Å². The molecule has 0 saturated heterocycles. The van der Waals surface area contributed by atoms with Gasteiger partial charge in [-0.3, -0.25) is 4.79 Å². The van der Waals surface area contributed by atoms with E-state index in [4.69, 9.17) is 5.11 Å². The van der Waals surface area contributed by atoms with Gasteiger partial charge >= 0.3 is 5.97 Å². The van der Waals surface area contributed by atoms with Crippen LogP contribution in [0, 0.1) is 5.92 Å². The van der Waals surface area contributed by atoms with Crippen molar-refractivity contribution >= 4 is 11.9 Å². The van der Waals surface area contributed by atoms with E-state index in [2.05, 4.69) is 15.6 Å². The number of amides is 1. The van der Waals surface area contributed by atoms with E-state index in [1.807, 2.05) is 0 Å². The smallest absolute Gasteiger partial charge is 0.358 e. The van der Waals surface area contributed by atoms with E-state index in [1.165, 1.54) is 17.5 Å². The lowest BCUT2D eigenvalue weighted by atomic mass is 10.2. The first kappa shape index (κ1) is 12.1. The maximum atomic E-state index is 11.8. The maximum Gasteiger partial charge on any atom is 0.358 e. The fourth-order valence-corrected chi connectivity index (χ4v) is 2.12. The van der Waals surface area contributed by atoms with Crippen LogP contribution in [0.3, 0.4) is 0 Å². The van der Waals surface area contributed by atoms with E-state index in [9.17, 15) is 9.59 Å². The molecule has 7 heteroatoms. The van der Waals surface area contributed by atoms with Gasteiger partial charge in [-0.25, -0.2) is 9.48 Å². The van der Waals surface area contributed by atoms with Crippen molar-refractivity contribution in [3.63, 3.8) is 0 Å². The number of aromatic nitrogens is 3. The molecule has 1 aromatic heterocycles. The van der Waals surface area contributed by atoms with Gasteiger partial charge in [0.25, 0.3) is 0 Å². The Morgan fingerprint density at radius 3 is 2.63 bits per heavy atom. The number of nitrogens with one attached hydrogen (secondary N) is 1. The van der Waals surface area contributed by atoms with Gasteiger partial charge in [-0.1, -0.05) is 5.21 Å². The summed E-state index contributed by atoms with van der Waals surface area (Å²) in [7, 11) is 0. The minimum atomic E-state index is -1.08. The monoisotopic (exact) mass is 264 g/mol. The first-order valence-electron chi connectivity index (χ1n) is 6.58. The zero-order valence-corrected chi connectivity index (χ0v) is 10.5. The molecule has 0 atom stereocenters. The number of hydrogen-bond donors (Lipinski definition) is 2. The summed E-state index contributed by atoms with van der Waals surface area (Å²) in [5.74, 6) is -0.392. The molecular weight excluding hydrogens is 248 g/mol. The second-order valence-corrected chi connectivity index (χ2v) is 5.31. The van der Waals surface area contributed by atoms with Gasteiger partial charge in [0.1, 0.15) is 6.54 Å². The van der Waals surface area contributed by atoms with Crippen molar-refractivity contribution in [3.05, 3.63) is 11.4 Å². The molecule has 0 radical (unpaired) electrons. The number of carbonyl (C=O) groups is 2. The molecule has 0 unspecified atom stereocenters. The molecule has 1 heterocycles. The van der Waals surface area contributed by atoms with Crippen LogP contribution in [0.2, 0.25) is 0 Å². The van der Waals surface area contributed by atoms with Crippen molar-refractivity contribution in [1.29, 1.82) is 0 Å². The van der Waals surface area contributed by atoms with Crippen LogP contribution in [0.5, 0.6) is 0 Å². The van der Waals surface area contributed by atoms with Gasteiger partial charge in [-0.15, -0.1) is 5.10 Å². The van der Waals surface area contributed by atoms with Crippen molar-refractivity contribution in [3.8, 4) is 0 Å². The molecule has 2 aliphatic rings. The maximum absolute atomic E-state index is 11.8. The molecule has 102 valence electrons. The average molecular weight is 264 g/mol. The van der Waals surface area contributed by atoms with E-state index >= 15 is 0 Å². The Kier molecular flexibility index (Phi) is 2.96. The summed E-state index contributed by atoms with van der Waals surface area (Å²) < 4.78 is 1.43. The second-order valence-electron chi connectivity index (χ2n) is 5.31. The normalized spacial score (nSPS) is 18.3. The number of carboxylic acids is 1. The van der Waals surface area contributed by atoms with Gasteiger partial charge in [0.15, 0.2) is 5.69 Å². The lowest BCUT2D eigenvalue weighted by molar-refractivity contribution is -0.121. The highest BCUT2D eigenvalue weighted by Crippen LogP contribution is 2.41. The molecule has 1 amide bonds. The first-order chi connectivity index (χ1) is 9.15. The molecule has 3 rings (SSSR count). The van der Waals surface area contributed by atoms with Gasteiger partial charge in [0, 0.05) is 12.5 Å². The Hall–Kier alpha value is -1.92. The summed E-state index contributed by atoms with van der Waals surface area (Å²) in [4.78, 5) is 22.8. The van der Waals surface area contributed by atoms with Crippen LogP contribution < -0.4 is 5.32 Å². The molecule has 1 aromatic rings. The standard InChI is InChI=1S/C12H16N4O3/c17-9(13-5-7-1-2-7)6-16-11(8-3-4-8)10(12(18)19)14-15-16/h7-8H,1-6H2,(H,13,17)(H,18,19). The third-order valence-electron chi connectivity index (χ3n) is 3.52. The number of nitrogens with zero attached hydrogens (tertiary/aromatic N) is 3. The van der Waals surface area contributed by atoms with Gasteiger partial charge in [-0.05, 0) is 31.6 Å². The van der Waals surface area contributed by atoms with Gasteiger partial charge in [-0.2, -0.15) is 0 Å². The van der Waals surface area contributed by atoms with Crippen molar-refractivity contribution in [2.45, 2.75) is 38.1 Å². The Labute approximate surface area is 110 Å². The Balaban J connectivity index is 1.68. The van der Waals surface area contributed by atoms with E-state index < -0.39 is 5.97 Å². The lowest BCUT2D eigenvalue weighted by Crippen LogP contribution is -2.30. The largest absolute Gasteiger partial charge is 0.476 e. The molecule has 0 spiro atoms. The summed E-state index contributed by atoms with van der Waals surface area (Å²) in [5.41, 5.74) is 0.576. The molecule has 0 aromatic carbocycles. The van der Waals surface area contributed by atoms with Gasteiger partial charge < -0.3 is 10.4 Å². The molecule has 2 aliphatic carbocycles. The summed E-state index contributed by atoms with van der Waals surface area (Å²) in [5, 5.41) is 19.4. The van der Waals surface area contributed by atoms with Crippen LogP contribution in [0.1, 0.15) is 47.8 Å². The highest BCUT2D eigenvalue weighted by Gasteiger charge is 2.34. The molecule has 7 nitrogen and oxygen atoms in total. The fourth-order valence-electron chi connectivity index (χ4n) is 2.12. The number of hydrogen-bond acceptors (Lipinski definition) is 4. The summed E-state index contributed by atoms with van der Waals surface area (Å²) >= 11 is 0. The predicted molar refractivity (Wildman–Crippen MR) is 64.7 cm³/mol. The molecule has 2 saturated carbocycles. The molecule has 2 fully saturated rings. The number of carboxylic acid groups (broad SMARTS) is 1. The predicted octanol–water partition coefficient (Wildman–Crippen LogP) is 0.380. The Morgan fingerprint density at radius 1 is 1.32 bits per heavy atom. The fraction of sp³-hybridized carbons (Fsp3) is 0.667. The molecule has 0 bridgehead atoms. The van der Waals surface area contributed by atoms with E-state index in [0.717, 1.165) is 12.8 Å². The SMILES string of the molecule is O=C(Cn1nnc(C(=O)O)c1C1CC1)NCC1CC1. The van der Waals surface area contributed by atoms with Crippen molar-refractivity contribution in [2.75, 3.05) is 6.54 Å². The van der Waals surface area contributed by atoms with Crippen molar-refractivity contribution in [1.82, 2.24) is 20.3 Å². The van der Waals surface area contributed by atoms with Gasteiger partial charge in [0.05, 0.1) is 5.69 Å². The van der Waals surface area contributed by atoms with E-state index in [0.29, 0.717) is 18.2 Å². The van der Waals surface area contributed by atoms with E-state index in [1.54, 1.807) is 0 Å². The summed E-state index contributed by atoms with van der Waals surface area (Å²) in [6.45, 7) is 0.761. The van der Waals surface area contributed by atoms with E-state index in [-0.39, 0.29) is 24.1 Å². The Bertz CT molecular complexity index is 517. The van der Waals surface area contributed by atoms with Crippen LogP contribution in [0.4, 0.5) is 0 Å². The zero-order chi connectivity index (χ0) is 13.4. The zero-order valence-electron chi connectivity index (χ0n) is 10.5. The Morgan fingerprint density at radius 2 is 2.05 bits per heavy atom. The van der Waals surface area contributed by atoms with Crippen LogP contribution in [0.15, 0.2) is 0 Å². The lowest BCUT2D eigenvalue weighted by Gasteiger charge is -2.06. The number of rotatable bonds is 6. The third kappa shape index (κ3) is 2.74. The van der Waals surface area contributed by atoms with Crippen LogP contribution in [-0.4, -0.2) is 38.5 Å². The van der Waals surface area contributed by atoms with Crippen LogP contribution in [0.25, 0.3) is 0 Å².